The van der Waals surface area contributed by atoms with Gasteiger partial charge < -0.3 is 15.4 Å². The summed E-state index contributed by atoms with van der Waals surface area (Å²) < 4.78 is 5.64. The molecule has 1 unspecified atom stereocenters. The first-order valence-electron chi connectivity index (χ1n) is 8.81. The zero-order valence-corrected chi connectivity index (χ0v) is 15.8. The molecule has 24 heavy (non-hydrogen) atoms. The molecule has 1 amide bonds. The van der Waals surface area contributed by atoms with Gasteiger partial charge >= 0.3 is 0 Å². The highest BCUT2D eigenvalue weighted by molar-refractivity contribution is 5.85. The van der Waals surface area contributed by atoms with Crippen LogP contribution in [-0.2, 0) is 4.79 Å². The fourth-order valence-corrected chi connectivity index (χ4v) is 3.01. The lowest BCUT2D eigenvalue weighted by Crippen LogP contribution is -2.30. The molecule has 0 saturated carbocycles. The van der Waals surface area contributed by atoms with Crippen molar-refractivity contribution in [2.45, 2.75) is 58.6 Å². The van der Waals surface area contributed by atoms with Gasteiger partial charge in [-0.1, -0.05) is 12.1 Å². The van der Waals surface area contributed by atoms with Gasteiger partial charge in [0.15, 0.2) is 0 Å². The van der Waals surface area contributed by atoms with Crippen molar-refractivity contribution in [3.05, 3.63) is 29.8 Å². The zero-order valence-electron chi connectivity index (χ0n) is 15.0. The number of carbonyl (C=O) groups excluding carboxylic acids is 1. The highest BCUT2D eigenvalue weighted by atomic mass is 35.5. The predicted molar refractivity (Wildman–Crippen MR) is 101 cm³/mol. The van der Waals surface area contributed by atoms with E-state index in [4.69, 9.17) is 4.74 Å². The Bertz CT molecular complexity index is 485. The third-order valence-corrected chi connectivity index (χ3v) is 4.37. The van der Waals surface area contributed by atoms with Gasteiger partial charge in [-0.2, -0.15) is 0 Å². The second-order valence-corrected chi connectivity index (χ2v) is 6.76. The van der Waals surface area contributed by atoms with E-state index in [1.54, 1.807) is 0 Å². The summed E-state index contributed by atoms with van der Waals surface area (Å²) in [6.07, 6.45) is 4.19. The van der Waals surface area contributed by atoms with Crippen LogP contribution in [0.2, 0.25) is 0 Å². The Morgan fingerprint density at radius 2 is 1.83 bits per heavy atom. The van der Waals surface area contributed by atoms with Gasteiger partial charge in [-0.15, -0.1) is 12.4 Å². The summed E-state index contributed by atoms with van der Waals surface area (Å²) in [4.78, 5) is 12.1. The first-order chi connectivity index (χ1) is 11.0. The minimum Gasteiger partial charge on any atom is -0.491 e. The van der Waals surface area contributed by atoms with Gasteiger partial charge in [0.1, 0.15) is 5.75 Å². The number of benzene rings is 1. The minimum atomic E-state index is 0. The van der Waals surface area contributed by atoms with Crippen LogP contribution in [0.5, 0.6) is 5.75 Å². The molecular formula is C19H31ClN2O2. The maximum atomic E-state index is 12.1. The monoisotopic (exact) mass is 354 g/mol. The van der Waals surface area contributed by atoms with Crippen molar-refractivity contribution in [3.63, 3.8) is 0 Å². The molecule has 1 fully saturated rings. The van der Waals surface area contributed by atoms with Gasteiger partial charge in [-0.05, 0) is 76.7 Å². The molecular weight excluding hydrogens is 324 g/mol. The maximum absolute atomic E-state index is 12.1. The molecule has 0 bridgehead atoms. The van der Waals surface area contributed by atoms with Crippen LogP contribution in [0.4, 0.5) is 0 Å². The van der Waals surface area contributed by atoms with E-state index in [-0.39, 0.29) is 30.5 Å². The van der Waals surface area contributed by atoms with Crippen LogP contribution in [0.1, 0.15) is 58.1 Å². The highest BCUT2D eigenvalue weighted by Gasteiger charge is 2.15. The number of piperidine rings is 1. The number of hydrogen-bond acceptors (Lipinski definition) is 3. The number of hydrogen-bond donors (Lipinski definition) is 2. The first kappa shape index (κ1) is 20.8. The zero-order chi connectivity index (χ0) is 16.7. The molecule has 136 valence electrons. The van der Waals surface area contributed by atoms with E-state index in [2.05, 4.69) is 10.6 Å². The highest BCUT2D eigenvalue weighted by Crippen LogP contribution is 2.20. The van der Waals surface area contributed by atoms with E-state index < -0.39 is 0 Å². The predicted octanol–water partition coefficient (Wildman–Crippen LogP) is 3.85. The van der Waals surface area contributed by atoms with Crippen LogP contribution in [-0.4, -0.2) is 25.1 Å². The largest absolute Gasteiger partial charge is 0.491 e. The van der Waals surface area contributed by atoms with E-state index in [1.165, 1.54) is 12.8 Å². The number of rotatable bonds is 7. The van der Waals surface area contributed by atoms with Crippen LogP contribution < -0.4 is 15.4 Å². The Kier molecular flexibility index (Phi) is 9.16. The van der Waals surface area contributed by atoms with Crippen molar-refractivity contribution in [2.75, 3.05) is 13.1 Å². The van der Waals surface area contributed by atoms with Crippen LogP contribution in [0.15, 0.2) is 24.3 Å². The molecule has 1 aromatic carbocycles. The summed E-state index contributed by atoms with van der Waals surface area (Å²) in [6, 6.07) is 8.01. The molecule has 0 aliphatic carbocycles. The van der Waals surface area contributed by atoms with Crippen molar-refractivity contribution < 1.29 is 9.53 Å². The molecule has 4 nitrogen and oxygen atoms in total. The third kappa shape index (κ3) is 7.10. The van der Waals surface area contributed by atoms with Crippen molar-refractivity contribution in [1.82, 2.24) is 10.6 Å². The van der Waals surface area contributed by atoms with Gasteiger partial charge in [-0.3, -0.25) is 4.79 Å². The third-order valence-electron chi connectivity index (χ3n) is 4.37. The molecule has 1 aliphatic rings. The Balaban J connectivity index is 0.00000288. The van der Waals surface area contributed by atoms with Crippen molar-refractivity contribution in [1.29, 1.82) is 0 Å². The molecule has 1 saturated heterocycles. The van der Waals surface area contributed by atoms with Gasteiger partial charge in [0.2, 0.25) is 5.91 Å². The van der Waals surface area contributed by atoms with E-state index >= 15 is 0 Å². The van der Waals surface area contributed by atoms with Crippen molar-refractivity contribution in [3.8, 4) is 5.75 Å². The smallest absolute Gasteiger partial charge is 0.220 e. The summed E-state index contributed by atoms with van der Waals surface area (Å²) in [5, 5.41) is 6.46. The topological polar surface area (TPSA) is 50.4 Å². The summed E-state index contributed by atoms with van der Waals surface area (Å²) >= 11 is 0. The molecule has 1 heterocycles. The molecule has 0 spiro atoms. The average Bonchev–Trinajstić information content (AvgIpc) is 2.54. The lowest BCUT2D eigenvalue weighted by molar-refractivity contribution is -0.122. The number of carbonyl (C=O) groups is 1. The van der Waals surface area contributed by atoms with Gasteiger partial charge in [0.05, 0.1) is 12.1 Å². The fraction of sp³-hybridized carbons (Fsp3) is 0.632. The number of halogens is 1. The lowest BCUT2D eigenvalue weighted by Gasteiger charge is -2.22. The van der Waals surface area contributed by atoms with Gasteiger partial charge in [0.25, 0.3) is 0 Å². The normalized spacial score (nSPS) is 16.3. The van der Waals surface area contributed by atoms with Gasteiger partial charge in [-0.25, -0.2) is 0 Å². The average molecular weight is 355 g/mol. The fourth-order valence-electron chi connectivity index (χ4n) is 3.01. The standard InChI is InChI=1S/C19H30N2O2.ClH/c1-14(2)23-18-7-5-17(6-8-18)15(3)21-19(22)9-4-16-10-12-20-13-11-16;/h5-8,14-16,20H,4,9-13H2,1-3H3,(H,21,22);1H. The second-order valence-electron chi connectivity index (χ2n) is 6.76. The molecule has 5 heteroatoms. The molecule has 1 aromatic rings. The quantitative estimate of drug-likeness (QED) is 0.781. The molecule has 0 aromatic heterocycles. The molecule has 2 N–H and O–H groups in total. The molecule has 1 atom stereocenters. The van der Waals surface area contributed by atoms with Crippen molar-refractivity contribution >= 4 is 18.3 Å². The lowest BCUT2D eigenvalue weighted by atomic mass is 9.93. The van der Waals surface area contributed by atoms with E-state index in [1.807, 2.05) is 45.0 Å². The Morgan fingerprint density at radius 1 is 1.21 bits per heavy atom. The van der Waals surface area contributed by atoms with Crippen molar-refractivity contribution in [2.24, 2.45) is 5.92 Å². The summed E-state index contributed by atoms with van der Waals surface area (Å²) in [5.74, 6) is 1.72. The first-order valence-corrected chi connectivity index (χ1v) is 8.81. The Morgan fingerprint density at radius 3 is 2.42 bits per heavy atom. The number of amides is 1. The second kappa shape index (κ2) is 10.6. The summed E-state index contributed by atoms with van der Waals surface area (Å²) in [5.41, 5.74) is 1.11. The SMILES string of the molecule is CC(C)Oc1ccc(C(C)NC(=O)CCC2CCNCC2)cc1.Cl. The van der Waals surface area contributed by atoms with Crippen LogP contribution in [0.3, 0.4) is 0 Å². The summed E-state index contributed by atoms with van der Waals surface area (Å²) in [6.45, 7) is 8.24. The number of nitrogens with one attached hydrogen (secondary N) is 2. The Labute approximate surface area is 152 Å². The summed E-state index contributed by atoms with van der Waals surface area (Å²) in [7, 11) is 0. The van der Waals surface area contributed by atoms with Crippen LogP contribution in [0.25, 0.3) is 0 Å². The van der Waals surface area contributed by atoms with E-state index in [9.17, 15) is 4.79 Å². The Hall–Kier alpha value is -1.26. The number of ether oxygens (including phenoxy) is 1. The van der Waals surface area contributed by atoms with E-state index in [0.717, 1.165) is 30.8 Å². The van der Waals surface area contributed by atoms with Crippen LogP contribution in [0, 0.1) is 5.92 Å². The minimum absolute atomic E-state index is 0. The maximum Gasteiger partial charge on any atom is 0.220 e. The molecule has 0 radical (unpaired) electrons. The van der Waals surface area contributed by atoms with E-state index in [0.29, 0.717) is 12.3 Å². The molecule has 1 aliphatic heterocycles. The molecule has 2 rings (SSSR count). The van der Waals surface area contributed by atoms with Crippen LogP contribution >= 0.6 is 12.4 Å². The van der Waals surface area contributed by atoms with Gasteiger partial charge in [0, 0.05) is 6.42 Å².